The van der Waals surface area contributed by atoms with Crippen molar-refractivity contribution in [1.82, 2.24) is 14.9 Å². The summed E-state index contributed by atoms with van der Waals surface area (Å²) < 4.78 is 2.14. The van der Waals surface area contributed by atoms with Crippen molar-refractivity contribution in [3.05, 3.63) is 35.2 Å². The van der Waals surface area contributed by atoms with Crippen LogP contribution in [-0.2, 0) is 17.4 Å². The lowest BCUT2D eigenvalue weighted by atomic mass is 9.76. The smallest absolute Gasteiger partial charge is 0.331 e. The molecule has 0 amide bonds. The van der Waals surface area contributed by atoms with Crippen LogP contribution in [0, 0.1) is 0 Å². The molecule has 1 aliphatic rings. The van der Waals surface area contributed by atoms with E-state index in [9.17, 15) is 4.79 Å². The molecule has 1 aliphatic carbocycles. The van der Waals surface area contributed by atoms with E-state index in [1.54, 1.807) is 13.0 Å². The minimum Gasteiger partial charge on any atom is -0.478 e. The van der Waals surface area contributed by atoms with Gasteiger partial charge in [0, 0.05) is 12.6 Å². The number of aromatic nitrogens is 2. The van der Waals surface area contributed by atoms with E-state index in [4.69, 9.17) is 10.1 Å². The van der Waals surface area contributed by atoms with Crippen LogP contribution in [0.1, 0.15) is 37.6 Å². The standard InChI is InChI=1S/C17H21N3O2/c1-11(15(21)22)9-12-5-6-14-13(10-12)19-16(20(14)3)17(18-2)7-4-8-17/h5-6,9-10,18H,4,7-8H2,1-3H3,(H,21,22)/b11-9+. The van der Waals surface area contributed by atoms with Gasteiger partial charge in [-0.2, -0.15) is 0 Å². The molecule has 116 valence electrons. The molecule has 1 fully saturated rings. The van der Waals surface area contributed by atoms with Gasteiger partial charge < -0.3 is 15.0 Å². The molecule has 0 aliphatic heterocycles. The number of nitrogens with one attached hydrogen (secondary N) is 1. The highest BCUT2D eigenvalue weighted by Crippen LogP contribution is 2.41. The van der Waals surface area contributed by atoms with Crippen LogP contribution in [0.5, 0.6) is 0 Å². The zero-order valence-corrected chi connectivity index (χ0v) is 13.2. The Morgan fingerprint density at radius 2 is 2.18 bits per heavy atom. The van der Waals surface area contributed by atoms with Crippen molar-refractivity contribution in [2.45, 2.75) is 31.7 Å². The number of nitrogens with zero attached hydrogens (tertiary/aromatic N) is 2. The Bertz CT molecular complexity index is 764. The highest BCUT2D eigenvalue weighted by atomic mass is 16.4. The number of carbonyl (C=O) groups is 1. The van der Waals surface area contributed by atoms with Gasteiger partial charge in [-0.05, 0) is 57.0 Å². The molecule has 2 aromatic rings. The Morgan fingerprint density at radius 1 is 1.45 bits per heavy atom. The number of aryl methyl sites for hydroxylation is 1. The summed E-state index contributed by atoms with van der Waals surface area (Å²) >= 11 is 0. The van der Waals surface area contributed by atoms with E-state index in [2.05, 4.69) is 9.88 Å². The third-order valence-corrected chi connectivity index (χ3v) is 4.74. The van der Waals surface area contributed by atoms with Crippen molar-refractivity contribution < 1.29 is 9.90 Å². The fraction of sp³-hybridized carbons (Fsp3) is 0.412. The monoisotopic (exact) mass is 299 g/mol. The Labute approximate surface area is 129 Å². The molecule has 1 aromatic carbocycles. The van der Waals surface area contributed by atoms with Gasteiger partial charge >= 0.3 is 5.97 Å². The zero-order chi connectivity index (χ0) is 15.9. The summed E-state index contributed by atoms with van der Waals surface area (Å²) in [5.41, 5.74) is 3.15. The molecule has 0 unspecified atom stereocenters. The number of hydrogen-bond acceptors (Lipinski definition) is 3. The van der Waals surface area contributed by atoms with E-state index in [-0.39, 0.29) is 5.54 Å². The molecule has 5 nitrogen and oxygen atoms in total. The Kier molecular flexibility index (Phi) is 3.53. The van der Waals surface area contributed by atoms with Crippen LogP contribution in [0.3, 0.4) is 0 Å². The Hall–Kier alpha value is -2.14. The summed E-state index contributed by atoms with van der Waals surface area (Å²) in [4.78, 5) is 15.8. The molecule has 1 aromatic heterocycles. The van der Waals surface area contributed by atoms with Gasteiger partial charge in [0.25, 0.3) is 0 Å². The SMILES string of the molecule is CNC1(c2nc3cc(/C=C(\C)C(=O)O)ccc3n2C)CCC1. The highest BCUT2D eigenvalue weighted by Gasteiger charge is 2.40. The van der Waals surface area contributed by atoms with Crippen molar-refractivity contribution in [1.29, 1.82) is 0 Å². The first kappa shape index (κ1) is 14.8. The minimum atomic E-state index is -0.898. The van der Waals surface area contributed by atoms with Crippen molar-refractivity contribution in [2.75, 3.05) is 7.05 Å². The highest BCUT2D eigenvalue weighted by molar-refractivity contribution is 5.92. The van der Waals surface area contributed by atoms with Gasteiger partial charge in [-0.3, -0.25) is 0 Å². The van der Waals surface area contributed by atoms with E-state index in [1.165, 1.54) is 6.42 Å². The van der Waals surface area contributed by atoms with E-state index >= 15 is 0 Å². The molecule has 2 N–H and O–H groups in total. The molecule has 0 saturated heterocycles. The van der Waals surface area contributed by atoms with E-state index < -0.39 is 5.97 Å². The number of benzene rings is 1. The lowest BCUT2D eigenvalue weighted by molar-refractivity contribution is -0.132. The second-order valence-corrected chi connectivity index (χ2v) is 6.06. The summed E-state index contributed by atoms with van der Waals surface area (Å²) in [5.74, 6) is 0.165. The average molecular weight is 299 g/mol. The predicted octanol–water partition coefficient (Wildman–Crippen LogP) is 2.66. The molecule has 5 heteroatoms. The van der Waals surface area contributed by atoms with Crippen molar-refractivity contribution in [3.63, 3.8) is 0 Å². The zero-order valence-electron chi connectivity index (χ0n) is 13.2. The lowest BCUT2D eigenvalue weighted by Crippen LogP contribution is -2.47. The quantitative estimate of drug-likeness (QED) is 0.852. The van der Waals surface area contributed by atoms with E-state index in [1.807, 2.05) is 32.3 Å². The fourth-order valence-electron chi connectivity index (χ4n) is 3.16. The first-order valence-electron chi connectivity index (χ1n) is 7.54. The van der Waals surface area contributed by atoms with Crippen LogP contribution in [0.25, 0.3) is 17.1 Å². The van der Waals surface area contributed by atoms with Gasteiger partial charge in [0.2, 0.25) is 0 Å². The first-order valence-corrected chi connectivity index (χ1v) is 7.54. The molecule has 1 heterocycles. The summed E-state index contributed by atoms with van der Waals surface area (Å²) in [6, 6.07) is 5.90. The number of fused-ring (bicyclic) bond motifs is 1. The van der Waals surface area contributed by atoms with Crippen LogP contribution in [-0.4, -0.2) is 27.7 Å². The third kappa shape index (κ3) is 2.22. The Morgan fingerprint density at radius 3 is 2.73 bits per heavy atom. The average Bonchev–Trinajstić information content (AvgIpc) is 2.76. The Balaban J connectivity index is 2.07. The maximum atomic E-state index is 10.9. The number of carboxylic acids is 1. The van der Waals surface area contributed by atoms with Crippen LogP contribution in [0.15, 0.2) is 23.8 Å². The maximum absolute atomic E-state index is 10.9. The molecule has 0 radical (unpaired) electrons. The number of rotatable bonds is 4. The van der Waals surface area contributed by atoms with Crippen LogP contribution < -0.4 is 5.32 Å². The largest absolute Gasteiger partial charge is 0.478 e. The van der Waals surface area contributed by atoms with Gasteiger partial charge in [0.05, 0.1) is 16.6 Å². The summed E-state index contributed by atoms with van der Waals surface area (Å²) in [7, 11) is 4.03. The fourth-order valence-corrected chi connectivity index (χ4v) is 3.16. The molecular formula is C17H21N3O2. The van der Waals surface area contributed by atoms with Crippen LogP contribution in [0.4, 0.5) is 0 Å². The number of aliphatic carboxylic acids is 1. The topological polar surface area (TPSA) is 67.2 Å². The molecule has 22 heavy (non-hydrogen) atoms. The van der Waals surface area contributed by atoms with E-state index in [0.717, 1.165) is 35.3 Å². The van der Waals surface area contributed by atoms with E-state index in [0.29, 0.717) is 5.57 Å². The van der Waals surface area contributed by atoms with Gasteiger partial charge in [-0.15, -0.1) is 0 Å². The molecule has 0 atom stereocenters. The lowest BCUT2D eigenvalue weighted by Gasteiger charge is -2.40. The summed E-state index contributed by atoms with van der Waals surface area (Å²) in [6.07, 6.45) is 5.10. The third-order valence-electron chi connectivity index (χ3n) is 4.74. The molecule has 0 spiro atoms. The molecule has 3 rings (SSSR count). The second kappa shape index (κ2) is 5.25. The second-order valence-electron chi connectivity index (χ2n) is 6.06. The van der Waals surface area contributed by atoms with Crippen LogP contribution >= 0.6 is 0 Å². The van der Waals surface area contributed by atoms with Gasteiger partial charge in [0.15, 0.2) is 0 Å². The van der Waals surface area contributed by atoms with Gasteiger partial charge in [-0.25, -0.2) is 9.78 Å². The summed E-state index contributed by atoms with van der Waals surface area (Å²) in [6.45, 7) is 1.60. The van der Waals surface area contributed by atoms with Crippen molar-refractivity contribution in [2.24, 2.45) is 7.05 Å². The molecule has 1 saturated carbocycles. The van der Waals surface area contributed by atoms with Gasteiger partial charge in [-0.1, -0.05) is 6.07 Å². The maximum Gasteiger partial charge on any atom is 0.331 e. The van der Waals surface area contributed by atoms with Crippen molar-refractivity contribution >= 4 is 23.1 Å². The van der Waals surface area contributed by atoms with Gasteiger partial charge in [0.1, 0.15) is 5.82 Å². The minimum absolute atomic E-state index is 0.0131. The first-order chi connectivity index (χ1) is 10.5. The molecular weight excluding hydrogens is 278 g/mol. The molecule has 0 bridgehead atoms. The number of hydrogen-bond donors (Lipinski definition) is 2. The number of imidazole rings is 1. The summed E-state index contributed by atoms with van der Waals surface area (Å²) in [5, 5.41) is 12.4. The predicted molar refractivity (Wildman–Crippen MR) is 86.6 cm³/mol. The van der Waals surface area contributed by atoms with Crippen LogP contribution in [0.2, 0.25) is 0 Å². The van der Waals surface area contributed by atoms with Crippen molar-refractivity contribution in [3.8, 4) is 0 Å². The normalized spacial score (nSPS) is 17.5. The number of carboxylic acid groups (broad SMARTS) is 1.